The number of benzene rings is 8. The molecule has 11 rings (SSSR count). The van der Waals surface area contributed by atoms with Crippen molar-refractivity contribution < 1.29 is 0 Å². The Hall–Kier alpha value is -5.96. The molecule has 0 bridgehead atoms. The molecule has 0 atom stereocenters. The van der Waals surface area contributed by atoms with Gasteiger partial charge in [-0.1, -0.05) is 167 Å². The number of hydrogen-bond donors (Lipinski definition) is 0. The second-order valence-corrected chi connectivity index (χ2v) is 17.7. The molecule has 2 aliphatic carbocycles. The fraction of sp³-hybridized carbons (Fsp3) is 0.164. The molecule has 0 amide bonds. The summed E-state index contributed by atoms with van der Waals surface area (Å²) in [6, 6.07) is 64.1. The fourth-order valence-electron chi connectivity index (χ4n) is 10.4. The lowest BCUT2D eigenvalue weighted by atomic mass is 9.80. The average molecular weight is 752 g/mol. The Bertz CT molecular complexity index is 2990. The third-order valence-corrected chi connectivity index (χ3v) is 14.2. The highest BCUT2D eigenvalue weighted by Gasteiger charge is 2.38. The highest BCUT2D eigenvalue weighted by atomic mass is 32.1. The predicted molar refractivity (Wildman–Crippen MR) is 246 cm³/mol. The minimum Gasteiger partial charge on any atom is -0.309 e. The van der Waals surface area contributed by atoms with E-state index in [4.69, 9.17) is 0 Å². The van der Waals surface area contributed by atoms with Crippen LogP contribution in [-0.2, 0) is 5.41 Å². The molecule has 2 aliphatic rings. The molecular formula is C55H45NS. The molecule has 1 heterocycles. The lowest BCUT2D eigenvalue weighted by Gasteiger charge is -2.31. The molecule has 9 aromatic rings. The molecule has 1 aromatic heterocycles. The van der Waals surface area contributed by atoms with Gasteiger partial charge < -0.3 is 4.90 Å². The summed E-state index contributed by atoms with van der Waals surface area (Å²) in [4.78, 5) is 2.57. The van der Waals surface area contributed by atoms with Gasteiger partial charge in [0.2, 0.25) is 0 Å². The van der Waals surface area contributed by atoms with E-state index in [-0.39, 0.29) is 5.41 Å². The lowest BCUT2D eigenvalue weighted by Crippen LogP contribution is -2.16. The zero-order valence-corrected chi connectivity index (χ0v) is 33.5. The van der Waals surface area contributed by atoms with E-state index >= 15 is 0 Å². The van der Waals surface area contributed by atoms with Crippen LogP contribution in [0.25, 0.3) is 64.3 Å². The van der Waals surface area contributed by atoms with Crippen molar-refractivity contribution in [3.05, 3.63) is 187 Å². The quantitative estimate of drug-likeness (QED) is 0.164. The number of fused-ring (bicyclic) bond motifs is 7. The van der Waals surface area contributed by atoms with Crippen LogP contribution in [-0.4, -0.2) is 0 Å². The minimum atomic E-state index is -0.116. The van der Waals surface area contributed by atoms with E-state index in [9.17, 15) is 0 Å². The largest absolute Gasteiger partial charge is 0.309 e. The molecule has 57 heavy (non-hydrogen) atoms. The van der Waals surface area contributed by atoms with Gasteiger partial charge >= 0.3 is 0 Å². The highest BCUT2D eigenvalue weighted by molar-refractivity contribution is 7.25. The van der Waals surface area contributed by atoms with E-state index in [0.717, 1.165) is 5.69 Å². The van der Waals surface area contributed by atoms with Crippen LogP contribution in [0.1, 0.15) is 68.6 Å². The normalized spacial score (nSPS) is 14.9. The molecule has 0 N–H and O–H groups in total. The Balaban J connectivity index is 1.18. The summed E-state index contributed by atoms with van der Waals surface area (Å²) in [6.45, 7) is 4.77. The van der Waals surface area contributed by atoms with Gasteiger partial charge in [-0.3, -0.25) is 0 Å². The summed E-state index contributed by atoms with van der Waals surface area (Å²) in [6.07, 6.45) is 6.52. The third kappa shape index (κ3) is 5.49. The molecule has 276 valence electrons. The molecule has 0 saturated heterocycles. The van der Waals surface area contributed by atoms with Crippen LogP contribution in [0.15, 0.2) is 170 Å². The lowest BCUT2D eigenvalue weighted by molar-refractivity contribution is 0.445. The zero-order valence-electron chi connectivity index (χ0n) is 32.6. The van der Waals surface area contributed by atoms with Gasteiger partial charge in [0.1, 0.15) is 0 Å². The number of thiophene rings is 1. The number of nitrogens with zero attached hydrogens (tertiary/aromatic N) is 1. The number of para-hydroxylation sites is 1. The summed E-state index contributed by atoms with van der Waals surface area (Å²) in [7, 11) is 0. The molecular weight excluding hydrogens is 707 g/mol. The van der Waals surface area contributed by atoms with Crippen molar-refractivity contribution in [2.75, 3.05) is 4.90 Å². The Morgan fingerprint density at radius 1 is 0.509 bits per heavy atom. The van der Waals surface area contributed by atoms with Crippen molar-refractivity contribution >= 4 is 59.3 Å². The summed E-state index contributed by atoms with van der Waals surface area (Å²) in [5, 5.41) is 5.40. The fourth-order valence-corrected chi connectivity index (χ4v) is 11.5. The van der Waals surface area contributed by atoms with E-state index in [1.807, 2.05) is 11.3 Å². The van der Waals surface area contributed by atoms with E-state index < -0.39 is 0 Å². The summed E-state index contributed by atoms with van der Waals surface area (Å²) >= 11 is 1.88. The Labute approximate surface area is 339 Å². The molecule has 0 aliphatic heterocycles. The van der Waals surface area contributed by atoms with Gasteiger partial charge in [0, 0.05) is 42.4 Å². The molecule has 2 heteroatoms. The van der Waals surface area contributed by atoms with E-state index in [2.05, 4.69) is 189 Å². The van der Waals surface area contributed by atoms with Gasteiger partial charge in [0.15, 0.2) is 0 Å². The molecule has 1 saturated carbocycles. The van der Waals surface area contributed by atoms with Crippen molar-refractivity contribution in [3.8, 4) is 33.4 Å². The Morgan fingerprint density at radius 2 is 1.16 bits per heavy atom. The third-order valence-electron chi connectivity index (χ3n) is 13.1. The van der Waals surface area contributed by atoms with E-state index in [0.29, 0.717) is 5.92 Å². The van der Waals surface area contributed by atoms with Crippen molar-refractivity contribution in [1.82, 2.24) is 0 Å². The van der Waals surface area contributed by atoms with Crippen LogP contribution in [0.3, 0.4) is 0 Å². The summed E-state index contributed by atoms with van der Waals surface area (Å²) in [5.41, 5.74) is 15.4. The first-order chi connectivity index (χ1) is 28.1. The molecule has 1 nitrogen and oxygen atoms in total. The van der Waals surface area contributed by atoms with Crippen LogP contribution in [0, 0.1) is 0 Å². The Kier molecular flexibility index (Phi) is 8.19. The summed E-state index contributed by atoms with van der Waals surface area (Å²) in [5.74, 6) is 0.593. The first-order valence-corrected chi connectivity index (χ1v) is 21.5. The highest BCUT2D eigenvalue weighted by Crippen LogP contribution is 2.55. The second kappa shape index (κ2) is 13.6. The van der Waals surface area contributed by atoms with Gasteiger partial charge in [-0.2, -0.15) is 0 Å². The first kappa shape index (κ1) is 34.3. The smallest absolute Gasteiger partial charge is 0.0543 e. The van der Waals surface area contributed by atoms with Gasteiger partial charge in [-0.05, 0) is 105 Å². The van der Waals surface area contributed by atoms with Crippen LogP contribution < -0.4 is 4.90 Å². The maximum Gasteiger partial charge on any atom is 0.0543 e. The Morgan fingerprint density at radius 3 is 2.05 bits per heavy atom. The molecule has 1 fully saturated rings. The molecule has 0 radical (unpaired) electrons. The van der Waals surface area contributed by atoms with Gasteiger partial charge in [-0.15, -0.1) is 11.3 Å². The molecule has 0 spiro atoms. The second-order valence-electron chi connectivity index (χ2n) is 16.6. The SMILES string of the molecule is CC1(C)c2ccccc2-c2c(N(c3cccc(-c4cccc5sc6ccccc6c45)c3)c3ccccc3-c3cccc4cccc(C5CCCCC5)c34)cccc21. The average Bonchev–Trinajstić information content (AvgIpc) is 3.76. The van der Waals surface area contributed by atoms with Crippen LogP contribution in [0.4, 0.5) is 17.1 Å². The standard InChI is InChI=1S/C55H45NS/c1-55(2)46-29-9-6-24-44(46)54-47(55)30-16-32-49(54)56(39-22-12-21-38(35-39)41-27-15-34-51-53(41)45-25-8-11-33-50(45)57-51)48-31-10-7-23-42(48)43-28-14-20-37-19-13-26-40(52(37)43)36-17-4-3-5-18-36/h6-16,19-36H,3-5,17-18H2,1-2H3. The van der Waals surface area contributed by atoms with Crippen LogP contribution in [0.5, 0.6) is 0 Å². The summed E-state index contributed by atoms with van der Waals surface area (Å²) < 4.78 is 2.65. The van der Waals surface area contributed by atoms with Gasteiger partial charge in [-0.25, -0.2) is 0 Å². The van der Waals surface area contributed by atoms with Crippen molar-refractivity contribution in [3.63, 3.8) is 0 Å². The van der Waals surface area contributed by atoms with Crippen LogP contribution in [0.2, 0.25) is 0 Å². The predicted octanol–water partition coefficient (Wildman–Crippen LogP) is 16.4. The monoisotopic (exact) mass is 751 g/mol. The van der Waals surface area contributed by atoms with Crippen molar-refractivity contribution in [1.29, 1.82) is 0 Å². The van der Waals surface area contributed by atoms with Crippen molar-refractivity contribution in [2.45, 2.75) is 57.3 Å². The van der Waals surface area contributed by atoms with Gasteiger partial charge in [0.05, 0.1) is 11.4 Å². The van der Waals surface area contributed by atoms with Gasteiger partial charge in [0.25, 0.3) is 0 Å². The number of hydrogen-bond acceptors (Lipinski definition) is 2. The number of rotatable bonds is 6. The number of anilines is 3. The first-order valence-electron chi connectivity index (χ1n) is 20.7. The molecule has 8 aromatic carbocycles. The minimum absolute atomic E-state index is 0.116. The maximum atomic E-state index is 2.57. The van der Waals surface area contributed by atoms with Crippen LogP contribution >= 0.6 is 11.3 Å². The molecule has 0 unspecified atom stereocenters. The van der Waals surface area contributed by atoms with Crippen molar-refractivity contribution in [2.24, 2.45) is 0 Å². The topological polar surface area (TPSA) is 3.24 Å². The maximum absolute atomic E-state index is 2.57. The van der Waals surface area contributed by atoms with E-state index in [1.165, 1.54) is 124 Å². The zero-order chi connectivity index (χ0) is 38.1. The van der Waals surface area contributed by atoms with E-state index in [1.54, 1.807) is 0 Å².